The van der Waals surface area contributed by atoms with E-state index in [1.54, 1.807) is 4.68 Å². The summed E-state index contributed by atoms with van der Waals surface area (Å²) in [5, 5.41) is 18.0. The zero-order valence-electron chi connectivity index (χ0n) is 12.6. The molecule has 1 aliphatic heterocycles. The summed E-state index contributed by atoms with van der Waals surface area (Å²) in [4.78, 5) is 0. The second-order valence-corrected chi connectivity index (χ2v) is 6.22. The van der Waals surface area contributed by atoms with Gasteiger partial charge in [0.2, 0.25) is 0 Å². The molecule has 2 N–H and O–H groups in total. The minimum atomic E-state index is -0.151. The Kier molecular flexibility index (Phi) is 4.49. The molecule has 0 saturated carbocycles. The molecule has 1 aromatic carbocycles. The topological polar surface area (TPSA) is 59.3 Å². The summed E-state index contributed by atoms with van der Waals surface area (Å²) in [7, 11) is 1.84. The third-order valence-electron chi connectivity index (χ3n) is 4.07. The number of aromatic nitrogens is 2. The van der Waals surface area contributed by atoms with Crippen LogP contribution >= 0.6 is 11.6 Å². The van der Waals surface area contributed by atoms with Gasteiger partial charge in [0.05, 0.1) is 30.9 Å². The van der Waals surface area contributed by atoms with Gasteiger partial charge in [0.25, 0.3) is 0 Å². The van der Waals surface area contributed by atoms with Crippen molar-refractivity contribution in [2.75, 3.05) is 26.4 Å². The lowest BCUT2D eigenvalue weighted by molar-refractivity contribution is -0.134. The summed E-state index contributed by atoms with van der Waals surface area (Å²) in [5.74, 6) is 0. The van der Waals surface area contributed by atoms with E-state index in [1.807, 2.05) is 37.4 Å². The number of aliphatic hydroxyl groups excluding tert-OH is 1. The van der Waals surface area contributed by atoms with Crippen LogP contribution in [0.15, 0.2) is 30.3 Å². The molecular weight excluding hydrogens is 302 g/mol. The molecule has 0 atom stereocenters. The van der Waals surface area contributed by atoms with Gasteiger partial charge in [-0.2, -0.15) is 5.10 Å². The highest BCUT2D eigenvalue weighted by Gasteiger charge is 2.37. The highest BCUT2D eigenvalue weighted by atomic mass is 35.5. The molecule has 22 heavy (non-hydrogen) atoms. The normalized spacial score (nSPS) is 16.5. The summed E-state index contributed by atoms with van der Waals surface area (Å²) >= 11 is 6.38. The molecule has 0 amide bonds. The van der Waals surface area contributed by atoms with E-state index >= 15 is 0 Å². The van der Waals surface area contributed by atoms with Gasteiger partial charge in [-0.3, -0.25) is 4.68 Å². The maximum atomic E-state index is 9.46. The maximum Gasteiger partial charge on any atom is 0.131 e. The molecule has 0 spiro atoms. The number of benzene rings is 1. The van der Waals surface area contributed by atoms with Crippen molar-refractivity contribution in [1.82, 2.24) is 15.1 Å². The van der Waals surface area contributed by atoms with Crippen LogP contribution in [-0.4, -0.2) is 41.3 Å². The largest absolute Gasteiger partial charge is 0.396 e. The quantitative estimate of drug-likeness (QED) is 0.852. The van der Waals surface area contributed by atoms with Crippen molar-refractivity contribution in [1.29, 1.82) is 0 Å². The van der Waals surface area contributed by atoms with Crippen molar-refractivity contribution in [3.8, 4) is 11.3 Å². The van der Waals surface area contributed by atoms with Crippen LogP contribution in [-0.2, 0) is 18.3 Å². The van der Waals surface area contributed by atoms with Gasteiger partial charge in [0.15, 0.2) is 0 Å². The molecule has 0 bridgehead atoms. The molecule has 118 valence electrons. The lowest BCUT2D eigenvalue weighted by Crippen LogP contribution is -2.52. The minimum Gasteiger partial charge on any atom is -0.396 e. The predicted molar refractivity (Wildman–Crippen MR) is 85.7 cm³/mol. The first-order chi connectivity index (χ1) is 10.7. The van der Waals surface area contributed by atoms with Crippen molar-refractivity contribution in [3.05, 3.63) is 41.0 Å². The van der Waals surface area contributed by atoms with Gasteiger partial charge in [-0.15, -0.1) is 0 Å². The van der Waals surface area contributed by atoms with Gasteiger partial charge in [-0.1, -0.05) is 41.9 Å². The maximum absolute atomic E-state index is 9.46. The first kappa shape index (κ1) is 15.5. The third kappa shape index (κ3) is 2.90. The van der Waals surface area contributed by atoms with E-state index in [0.29, 0.717) is 31.5 Å². The molecule has 1 fully saturated rings. The average molecular weight is 322 g/mol. The Labute approximate surface area is 134 Å². The number of hydrogen-bond donors (Lipinski definition) is 2. The van der Waals surface area contributed by atoms with Gasteiger partial charge in [0, 0.05) is 31.3 Å². The van der Waals surface area contributed by atoms with Crippen LogP contribution in [0.2, 0.25) is 5.15 Å². The van der Waals surface area contributed by atoms with Crippen molar-refractivity contribution < 1.29 is 9.84 Å². The zero-order chi connectivity index (χ0) is 15.6. The van der Waals surface area contributed by atoms with E-state index in [1.165, 1.54) is 0 Å². The van der Waals surface area contributed by atoms with Crippen LogP contribution in [0.25, 0.3) is 11.3 Å². The SMILES string of the molecule is Cn1nc(-c2ccccc2)c(CNCC2(CO)COC2)c1Cl. The molecule has 1 saturated heterocycles. The van der Waals surface area contributed by atoms with Crippen LogP contribution in [0.1, 0.15) is 5.56 Å². The summed E-state index contributed by atoms with van der Waals surface area (Å²) in [6, 6.07) is 10.0. The van der Waals surface area contributed by atoms with E-state index in [2.05, 4.69) is 10.4 Å². The Morgan fingerprint density at radius 2 is 2.09 bits per heavy atom. The molecular formula is C16H20ClN3O2. The highest BCUT2D eigenvalue weighted by Crippen LogP contribution is 2.29. The van der Waals surface area contributed by atoms with Crippen LogP contribution < -0.4 is 5.32 Å². The fraction of sp³-hybridized carbons (Fsp3) is 0.438. The Morgan fingerprint density at radius 3 is 2.68 bits per heavy atom. The number of hydrogen-bond acceptors (Lipinski definition) is 4. The fourth-order valence-corrected chi connectivity index (χ4v) is 2.82. The molecule has 1 aliphatic rings. The number of nitrogens with one attached hydrogen (secondary N) is 1. The van der Waals surface area contributed by atoms with E-state index in [4.69, 9.17) is 16.3 Å². The minimum absolute atomic E-state index is 0.131. The number of ether oxygens (including phenoxy) is 1. The van der Waals surface area contributed by atoms with Crippen LogP contribution in [0, 0.1) is 5.41 Å². The van der Waals surface area contributed by atoms with Crippen molar-refractivity contribution >= 4 is 11.6 Å². The van der Waals surface area contributed by atoms with Crippen LogP contribution in [0.4, 0.5) is 0 Å². The number of nitrogens with zero attached hydrogens (tertiary/aromatic N) is 2. The Bertz CT molecular complexity index is 633. The first-order valence-corrected chi connectivity index (χ1v) is 7.69. The van der Waals surface area contributed by atoms with Gasteiger partial charge in [0.1, 0.15) is 5.15 Å². The lowest BCUT2D eigenvalue weighted by atomic mass is 9.87. The Morgan fingerprint density at radius 1 is 1.36 bits per heavy atom. The van der Waals surface area contributed by atoms with E-state index in [9.17, 15) is 5.11 Å². The van der Waals surface area contributed by atoms with Crippen LogP contribution in [0.3, 0.4) is 0 Å². The third-order valence-corrected chi connectivity index (χ3v) is 4.54. The van der Waals surface area contributed by atoms with Gasteiger partial charge in [-0.25, -0.2) is 0 Å². The molecule has 0 unspecified atom stereocenters. The van der Waals surface area contributed by atoms with E-state index < -0.39 is 0 Å². The van der Waals surface area contributed by atoms with E-state index in [0.717, 1.165) is 16.8 Å². The van der Waals surface area contributed by atoms with Crippen molar-refractivity contribution in [2.45, 2.75) is 6.54 Å². The molecule has 1 aromatic heterocycles. The first-order valence-electron chi connectivity index (χ1n) is 7.31. The number of rotatable bonds is 6. The van der Waals surface area contributed by atoms with Gasteiger partial charge >= 0.3 is 0 Å². The van der Waals surface area contributed by atoms with Crippen molar-refractivity contribution in [2.24, 2.45) is 12.5 Å². The van der Waals surface area contributed by atoms with Crippen molar-refractivity contribution in [3.63, 3.8) is 0 Å². The van der Waals surface area contributed by atoms with Gasteiger partial charge < -0.3 is 15.2 Å². The zero-order valence-corrected chi connectivity index (χ0v) is 13.3. The Balaban J connectivity index is 1.75. The summed E-state index contributed by atoms with van der Waals surface area (Å²) in [6.07, 6.45) is 0. The molecule has 0 aliphatic carbocycles. The number of halogens is 1. The number of aryl methyl sites for hydroxylation is 1. The van der Waals surface area contributed by atoms with Gasteiger partial charge in [-0.05, 0) is 0 Å². The molecule has 2 heterocycles. The smallest absolute Gasteiger partial charge is 0.131 e. The molecule has 2 aromatic rings. The highest BCUT2D eigenvalue weighted by molar-refractivity contribution is 6.30. The monoisotopic (exact) mass is 321 g/mol. The number of aliphatic hydroxyl groups is 1. The fourth-order valence-electron chi connectivity index (χ4n) is 2.62. The summed E-state index contributed by atoms with van der Waals surface area (Å²) in [6.45, 7) is 2.64. The van der Waals surface area contributed by atoms with Crippen LogP contribution in [0.5, 0.6) is 0 Å². The molecule has 3 rings (SSSR count). The Hall–Kier alpha value is -1.40. The summed E-state index contributed by atoms with van der Waals surface area (Å²) < 4.78 is 6.90. The second kappa shape index (κ2) is 6.38. The average Bonchev–Trinajstić information content (AvgIpc) is 2.79. The van der Waals surface area contributed by atoms with E-state index in [-0.39, 0.29) is 12.0 Å². The standard InChI is InChI=1S/C16H20ClN3O2/c1-20-15(17)13(7-18-8-16(9-21)10-22-11-16)14(19-20)12-5-3-2-4-6-12/h2-6,18,21H,7-11H2,1H3. The lowest BCUT2D eigenvalue weighted by Gasteiger charge is -2.40. The molecule has 6 heteroatoms. The predicted octanol–water partition coefficient (Wildman–Crippen LogP) is 1.84. The molecule has 0 radical (unpaired) electrons. The summed E-state index contributed by atoms with van der Waals surface area (Å²) in [5.41, 5.74) is 2.76. The molecule has 5 nitrogen and oxygen atoms in total. The second-order valence-electron chi connectivity index (χ2n) is 5.86.